The number of rotatable bonds is 3. The first-order valence-corrected chi connectivity index (χ1v) is 7.53. The number of carbonyl (C=O) groups is 1. The van der Waals surface area contributed by atoms with Gasteiger partial charge in [-0.25, -0.2) is 4.79 Å². The summed E-state index contributed by atoms with van der Waals surface area (Å²) in [5.41, 5.74) is 0.496. The van der Waals surface area contributed by atoms with Crippen molar-refractivity contribution in [3.05, 3.63) is 35.3 Å². The summed E-state index contributed by atoms with van der Waals surface area (Å²) in [6.07, 6.45) is -0.952. The molecule has 0 aliphatic rings. The van der Waals surface area contributed by atoms with E-state index in [1.54, 1.807) is 0 Å². The summed E-state index contributed by atoms with van der Waals surface area (Å²) in [5.74, 6) is 0. The van der Waals surface area contributed by atoms with Crippen LogP contribution in [0.3, 0.4) is 0 Å². The Morgan fingerprint density at radius 3 is 2.38 bits per heavy atom. The number of benzene rings is 1. The van der Waals surface area contributed by atoms with Crippen LogP contribution in [0, 0.1) is 0 Å². The Kier molecular flexibility index (Phi) is 4.27. The summed E-state index contributed by atoms with van der Waals surface area (Å²) < 4.78 is 0. The number of aromatic nitrogens is 2. The molecule has 0 radical (unpaired) electrons. The van der Waals surface area contributed by atoms with Crippen LogP contribution in [0.2, 0.25) is 0 Å². The lowest BCUT2D eigenvalue weighted by molar-refractivity contribution is 0.0750. The van der Waals surface area contributed by atoms with Crippen LogP contribution in [0.15, 0.2) is 30.3 Å². The van der Waals surface area contributed by atoms with E-state index in [9.17, 15) is 9.90 Å². The largest absolute Gasteiger partial charge is 0.465 e. The summed E-state index contributed by atoms with van der Waals surface area (Å²) in [5, 5.41) is 19.3. The van der Waals surface area contributed by atoms with E-state index in [0.29, 0.717) is 5.01 Å². The summed E-state index contributed by atoms with van der Waals surface area (Å²) in [6.45, 7) is 7.46. The molecule has 21 heavy (non-hydrogen) atoms. The molecular formula is C15H19N3O2S. The second-order valence-electron chi connectivity index (χ2n) is 5.81. The van der Waals surface area contributed by atoms with Crippen LogP contribution in [-0.2, 0) is 0 Å². The summed E-state index contributed by atoms with van der Waals surface area (Å²) in [6, 6.07) is 9.43. The smallest absolute Gasteiger partial charge is 0.408 e. The van der Waals surface area contributed by atoms with Gasteiger partial charge in [-0.1, -0.05) is 41.7 Å². The van der Waals surface area contributed by atoms with Crippen LogP contribution in [0.25, 0.3) is 10.6 Å². The monoisotopic (exact) mass is 305 g/mol. The normalized spacial score (nSPS) is 13.0. The molecule has 2 rings (SSSR count). The highest BCUT2D eigenvalue weighted by Crippen LogP contribution is 2.32. The fourth-order valence-electron chi connectivity index (χ4n) is 2.24. The van der Waals surface area contributed by atoms with Crippen LogP contribution < -0.4 is 0 Å². The summed E-state index contributed by atoms with van der Waals surface area (Å²) >= 11 is 1.43. The van der Waals surface area contributed by atoms with Crippen LogP contribution in [0.1, 0.15) is 38.7 Å². The third-order valence-electron chi connectivity index (χ3n) is 3.13. The van der Waals surface area contributed by atoms with Gasteiger partial charge in [-0.3, -0.25) is 4.90 Å². The molecule has 112 valence electrons. The van der Waals surface area contributed by atoms with Crippen molar-refractivity contribution in [2.24, 2.45) is 0 Å². The lowest BCUT2D eigenvalue weighted by atomic mass is 10.0. The van der Waals surface area contributed by atoms with Crippen LogP contribution in [-0.4, -0.2) is 31.8 Å². The molecule has 1 N–H and O–H groups in total. The van der Waals surface area contributed by atoms with Gasteiger partial charge in [-0.05, 0) is 27.7 Å². The standard InChI is InChI=1S/C15H19N3O2S/c1-10(18(14(19)20)15(2,3)4)12-16-17-13(21-12)11-8-6-5-7-9-11/h5-10H,1-4H3,(H,19,20)/t10-/m0/s1. The van der Waals surface area contributed by atoms with Crippen molar-refractivity contribution in [3.63, 3.8) is 0 Å². The second-order valence-corrected chi connectivity index (χ2v) is 6.82. The third-order valence-corrected chi connectivity index (χ3v) is 4.28. The average Bonchev–Trinajstić information content (AvgIpc) is 2.87. The molecule has 0 aliphatic carbocycles. The quantitative estimate of drug-likeness (QED) is 0.929. The van der Waals surface area contributed by atoms with E-state index < -0.39 is 11.6 Å². The molecular weight excluding hydrogens is 286 g/mol. The first-order valence-electron chi connectivity index (χ1n) is 6.72. The molecule has 0 aliphatic heterocycles. The van der Waals surface area contributed by atoms with Crippen molar-refractivity contribution in [2.75, 3.05) is 0 Å². The van der Waals surface area contributed by atoms with Crippen molar-refractivity contribution >= 4 is 17.4 Å². The van der Waals surface area contributed by atoms with Gasteiger partial charge in [-0.15, -0.1) is 10.2 Å². The Hall–Kier alpha value is -1.95. The van der Waals surface area contributed by atoms with Crippen molar-refractivity contribution in [1.82, 2.24) is 15.1 Å². The van der Waals surface area contributed by atoms with E-state index in [4.69, 9.17) is 0 Å². The predicted molar refractivity (Wildman–Crippen MR) is 83.4 cm³/mol. The van der Waals surface area contributed by atoms with E-state index in [1.807, 2.05) is 58.0 Å². The van der Waals surface area contributed by atoms with E-state index in [-0.39, 0.29) is 6.04 Å². The highest BCUT2D eigenvalue weighted by molar-refractivity contribution is 7.14. The molecule has 1 amide bonds. The topological polar surface area (TPSA) is 66.3 Å². The zero-order valence-corrected chi connectivity index (χ0v) is 13.4. The molecule has 1 atom stereocenters. The highest BCUT2D eigenvalue weighted by atomic mass is 32.1. The van der Waals surface area contributed by atoms with Gasteiger partial charge >= 0.3 is 6.09 Å². The fourth-order valence-corrected chi connectivity index (χ4v) is 3.14. The maximum absolute atomic E-state index is 11.5. The number of amides is 1. The van der Waals surface area contributed by atoms with E-state index in [2.05, 4.69) is 10.2 Å². The Bertz CT molecular complexity index is 619. The van der Waals surface area contributed by atoms with Gasteiger partial charge in [0.25, 0.3) is 0 Å². The molecule has 0 unspecified atom stereocenters. The second kappa shape index (κ2) is 5.81. The molecule has 0 bridgehead atoms. The number of carboxylic acid groups (broad SMARTS) is 1. The Morgan fingerprint density at radius 2 is 1.86 bits per heavy atom. The molecule has 0 saturated heterocycles. The van der Waals surface area contributed by atoms with Crippen molar-refractivity contribution in [3.8, 4) is 10.6 Å². The molecule has 2 aromatic rings. The maximum atomic E-state index is 11.5. The summed E-state index contributed by atoms with van der Waals surface area (Å²) in [4.78, 5) is 12.9. The Morgan fingerprint density at radius 1 is 1.24 bits per heavy atom. The zero-order valence-electron chi connectivity index (χ0n) is 12.6. The van der Waals surface area contributed by atoms with Gasteiger partial charge < -0.3 is 5.11 Å². The maximum Gasteiger partial charge on any atom is 0.408 e. The minimum absolute atomic E-state index is 0.336. The van der Waals surface area contributed by atoms with E-state index in [1.165, 1.54) is 16.2 Å². The number of hydrogen-bond donors (Lipinski definition) is 1. The molecule has 0 fully saturated rings. The molecule has 1 heterocycles. The van der Waals surface area contributed by atoms with Crippen LogP contribution in [0.5, 0.6) is 0 Å². The van der Waals surface area contributed by atoms with Gasteiger partial charge in [0.15, 0.2) is 0 Å². The van der Waals surface area contributed by atoms with Crippen LogP contribution in [0.4, 0.5) is 4.79 Å². The zero-order chi connectivity index (χ0) is 15.6. The first-order chi connectivity index (χ1) is 9.80. The highest BCUT2D eigenvalue weighted by Gasteiger charge is 2.33. The first kappa shape index (κ1) is 15.4. The number of hydrogen-bond acceptors (Lipinski definition) is 4. The SMILES string of the molecule is C[C@@H](c1nnc(-c2ccccc2)s1)N(C(=O)O)C(C)(C)C. The molecule has 0 spiro atoms. The Labute approximate surface area is 128 Å². The minimum atomic E-state index is -0.952. The Balaban J connectivity index is 2.30. The molecule has 1 aromatic heterocycles. The number of nitrogens with zero attached hydrogens (tertiary/aromatic N) is 3. The molecule has 0 saturated carbocycles. The summed E-state index contributed by atoms with van der Waals surface area (Å²) in [7, 11) is 0. The molecule has 5 nitrogen and oxygen atoms in total. The molecule has 1 aromatic carbocycles. The van der Waals surface area contributed by atoms with Crippen molar-refractivity contribution in [2.45, 2.75) is 39.3 Å². The van der Waals surface area contributed by atoms with Gasteiger partial charge in [0.05, 0.1) is 6.04 Å². The van der Waals surface area contributed by atoms with E-state index in [0.717, 1.165) is 10.6 Å². The van der Waals surface area contributed by atoms with Gasteiger partial charge in [0.2, 0.25) is 0 Å². The predicted octanol–water partition coefficient (Wildman–Crippen LogP) is 4.04. The average molecular weight is 305 g/mol. The lowest BCUT2D eigenvalue weighted by Crippen LogP contribution is -2.46. The van der Waals surface area contributed by atoms with Crippen molar-refractivity contribution < 1.29 is 9.90 Å². The van der Waals surface area contributed by atoms with Gasteiger partial charge in [0.1, 0.15) is 10.0 Å². The van der Waals surface area contributed by atoms with Crippen molar-refractivity contribution in [1.29, 1.82) is 0 Å². The van der Waals surface area contributed by atoms with E-state index >= 15 is 0 Å². The minimum Gasteiger partial charge on any atom is -0.465 e. The fraction of sp³-hybridized carbons (Fsp3) is 0.400. The third kappa shape index (κ3) is 3.39. The van der Waals surface area contributed by atoms with Gasteiger partial charge in [0, 0.05) is 11.1 Å². The molecule has 6 heteroatoms. The lowest BCUT2D eigenvalue weighted by Gasteiger charge is -2.36. The van der Waals surface area contributed by atoms with Crippen LogP contribution >= 0.6 is 11.3 Å². The van der Waals surface area contributed by atoms with Gasteiger partial charge in [-0.2, -0.15) is 0 Å².